The van der Waals surface area contributed by atoms with Gasteiger partial charge in [0.1, 0.15) is 0 Å². The van der Waals surface area contributed by atoms with Gasteiger partial charge in [0, 0.05) is 19.6 Å². The van der Waals surface area contributed by atoms with Crippen molar-refractivity contribution in [2.75, 3.05) is 26.2 Å². The van der Waals surface area contributed by atoms with Crippen LogP contribution in [0.15, 0.2) is 0 Å². The molecule has 1 aliphatic heterocycles. The third kappa shape index (κ3) is 4.79. The highest BCUT2D eigenvalue weighted by Crippen LogP contribution is 2.34. The summed E-state index contributed by atoms with van der Waals surface area (Å²) >= 11 is 0. The molecule has 0 aromatic heterocycles. The molecule has 2 aliphatic rings. The first kappa shape index (κ1) is 14.8. The van der Waals surface area contributed by atoms with Crippen molar-refractivity contribution in [1.82, 2.24) is 10.2 Å². The van der Waals surface area contributed by atoms with Crippen molar-refractivity contribution in [2.45, 2.75) is 64.7 Å². The Morgan fingerprint density at radius 3 is 2.21 bits per heavy atom. The van der Waals surface area contributed by atoms with Gasteiger partial charge in [-0.2, -0.15) is 0 Å². The fourth-order valence-electron chi connectivity index (χ4n) is 3.49. The molecule has 1 N–H and O–H groups in total. The Labute approximate surface area is 118 Å². The Kier molecular flexibility index (Phi) is 5.68. The van der Waals surface area contributed by atoms with Crippen LogP contribution in [0.3, 0.4) is 0 Å². The molecule has 0 aromatic rings. The van der Waals surface area contributed by atoms with E-state index in [1.54, 1.807) is 0 Å². The maximum atomic E-state index is 12.2. The Balaban J connectivity index is 1.67. The van der Waals surface area contributed by atoms with E-state index in [9.17, 15) is 4.79 Å². The summed E-state index contributed by atoms with van der Waals surface area (Å²) in [5.41, 5.74) is 0.428. The molecule has 3 heteroatoms. The van der Waals surface area contributed by atoms with Gasteiger partial charge < -0.3 is 10.2 Å². The highest BCUT2D eigenvalue weighted by atomic mass is 16.2. The average molecular weight is 266 g/mol. The van der Waals surface area contributed by atoms with Gasteiger partial charge in [0.15, 0.2) is 0 Å². The summed E-state index contributed by atoms with van der Waals surface area (Å²) in [5, 5.41) is 3.42. The second kappa shape index (κ2) is 7.28. The molecule has 2 rings (SSSR count). The van der Waals surface area contributed by atoms with Crippen molar-refractivity contribution in [3.05, 3.63) is 0 Å². The minimum Gasteiger partial charge on any atom is -0.342 e. The number of rotatable bonds is 4. The van der Waals surface area contributed by atoms with Crippen LogP contribution in [0.4, 0.5) is 0 Å². The largest absolute Gasteiger partial charge is 0.342 e. The Bertz CT molecular complexity index is 276. The molecule has 1 aliphatic carbocycles. The summed E-state index contributed by atoms with van der Waals surface area (Å²) < 4.78 is 0. The van der Waals surface area contributed by atoms with Crippen molar-refractivity contribution >= 4 is 5.91 Å². The molecule has 1 saturated heterocycles. The van der Waals surface area contributed by atoms with E-state index in [0.29, 0.717) is 17.9 Å². The maximum absolute atomic E-state index is 12.2. The zero-order valence-corrected chi connectivity index (χ0v) is 12.5. The van der Waals surface area contributed by atoms with Crippen molar-refractivity contribution in [2.24, 2.45) is 5.41 Å². The fourth-order valence-corrected chi connectivity index (χ4v) is 3.49. The molecule has 19 heavy (non-hydrogen) atoms. The van der Waals surface area contributed by atoms with Gasteiger partial charge in [-0.1, -0.05) is 39.0 Å². The molecule has 3 nitrogen and oxygen atoms in total. The monoisotopic (exact) mass is 266 g/mol. The van der Waals surface area contributed by atoms with Gasteiger partial charge in [-0.25, -0.2) is 0 Å². The number of carbonyl (C=O) groups excluding carboxylic acids is 1. The molecule has 1 saturated carbocycles. The number of hydrogen-bond acceptors (Lipinski definition) is 2. The summed E-state index contributed by atoms with van der Waals surface area (Å²) in [6.07, 6.45) is 11.7. The van der Waals surface area contributed by atoms with E-state index in [-0.39, 0.29) is 0 Å². The summed E-state index contributed by atoms with van der Waals surface area (Å²) in [5.74, 6) is 0.307. The van der Waals surface area contributed by atoms with Gasteiger partial charge in [0.2, 0.25) is 5.91 Å². The van der Waals surface area contributed by atoms with Crippen LogP contribution in [0.25, 0.3) is 0 Å². The van der Waals surface area contributed by atoms with Crippen molar-refractivity contribution < 1.29 is 4.79 Å². The molecule has 0 aromatic carbocycles. The molecule has 1 amide bonds. The number of hydrogen-bond donors (Lipinski definition) is 1. The van der Waals surface area contributed by atoms with Crippen molar-refractivity contribution in [3.63, 3.8) is 0 Å². The van der Waals surface area contributed by atoms with Crippen LogP contribution in [0.1, 0.15) is 64.7 Å². The van der Waals surface area contributed by atoms with E-state index in [1.807, 2.05) is 0 Å². The first-order chi connectivity index (χ1) is 9.20. The van der Waals surface area contributed by atoms with Crippen LogP contribution in [-0.4, -0.2) is 37.0 Å². The second-order valence-corrected chi connectivity index (χ2v) is 6.77. The Hall–Kier alpha value is -0.570. The summed E-state index contributed by atoms with van der Waals surface area (Å²) in [4.78, 5) is 14.2. The molecular formula is C16H30N2O. The molecule has 0 spiro atoms. The van der Waals surface area contributed by atoms with Gasteiger partial charge in [0.05, 0.1) is 6.54 Å². The maximum Gasteiger partial charge on any atom is 0.236 e. The average Bonchev–Trinajstić information content (AvgIpc) is 2.68. The third-order valence-corrected chi connectivity index (χ3v) is 4.85. The lowest BCUT2D eigenvalue weighted by molar-refractivity contribution is -0.130. The van der Waals surface area contributed by atoms with Gasteiger partial charge in [0.25, 0.3) is 0 Å². The predicted octanol–water partition coefficient (Wildman–Crippen LogP) is 2.95. The van der Waals surface area contributed by atoms with Crippen LogP contribution >= 0.6 is 0 Å². The predicted molar refractivity (Wildman–Crippen MR) is 79.1 cm³/mol. The highest BCUT2D eigenvalue weighted by Gasteiger charge is 2.26. The van der Waals surface area contributed by atoms with Crippen LogP contribution in [0, 0.1) is 5.41 Å². The minimum atomic E-state index is 0.307. The van der Waals surface area contributed by atoms with Crippen LogP contribution < -0.4 is 5.32 Å². The van der Waals surface area contributed by atoms with E-state index in [4.69, 9.17) is 0 Å². The Morgan fingerprint density at radius 2 is 1.58 bits per heavy atom. The van der Waals surface area contributed by atoms with Gasteiger partial charge in [-0.05, 0) is 31.1 Å². The molecule has 0 bridgehead atoms. The molecule has 110 valence electrons. The van der Waals surface area contributed by atoms with Crippen molar-refractivity contribution in [3.8, 4) is 0 Å². The van der Waals surface area contributed by atoms with Crippen LogP contribution in [-0.2, 0) is 4.79 Å². The first-order valence-electron chi connectivity index (χ1n) is 8.18. The first-order valence-corrected chi connectivity index (χ1v) is 8.18. The Morgan fingerprint density at radius 1 is 1.00 bits per heavy atom. The number of nitrogens with one attached hydrogen (secondary N) is 1. The molecule has 0 unspecified atom stereocenters. The van der Waals surface area contributed by atoms with Gasteiger partial charge >= 0.3 is 0 Å². The van der Waals surface area contributed by atoms with E-state index >= 15 is 0 Å². The second-order valence-electron chi connectivity index (χ2n) is 6.77. The highest BCUT2D eigenvalue weighted by molar-refractivity contribution is 5.78. The smallest absolute Gasteiger partial charge is 0.236 e. The minimum absolute atomic E-state index is 0.307. The van der Waals surface area contributed by atoms with Crippen LogP contribution in [0.2, 0.25) is 0 Å². The lowest BCUT2D eigenvalue weighted by Gasteiger charge is -2.34. The van der Waals surface area contributed by atoms with E-state index in [1.165, 1.54) is 57.8 Å². The fraction of sp³-hybridized carbons (Fsp3) is 0.938. The third-order valence-electron chi connectivity index (χ3n) is 4.85. The van der Waals surface area contributed by atoms with E-state index in [0.717, 1.165) is 19.6 Å². The molecule has 0 atom stereocenters. The zero-order chi connectivity index (χ0) is 13.6. The summed E-state index contributed by atoms with van der Waals surface area (Å²) in [6, 6.07) is 0. The summed E-state index contributed by atoms with van der Waals surface area (Å²) in [7, 11) is 0. The molecule has 1 heterocycles. The van der Waals surface area contributed by atoms with Crippen LogP contribution in [0.5, 0.6) is 0 Å². The standard InChI is InChI=1S/C16H30N2O/c1-16(9-5-4-6-10-16)14-17-13-15(19)18-11-7-2-3-8-12-18/h17H,2-14H2,1H3. The quantitative estimate of drug-likeness (QED) is 0.848. The van der Waals surface area contributed by atoms with E-state index in [2.05, 4.69) is 17.1 Å². The normalized spacial score (nSPS) is 23.9. The van der Waals surface area contributed by atoms with Crippen molar-refractivity contribution in [1.29, 1.82) is 0 Å². The lowest BCUT2D eigenvalue weighted by atomic mass is 9.76. The SMILES string of the molecule is CC1(CNCC(=O)N2CCCCCC2)CCCCC1. The number of nitrogens with zero attached hydrogens (tertiary/aromatic N) is 1. The molecule has 0 radical (unpaired) electrons. The zero-order valence-electron chi connectivity index (χ0n) is 12.5. The molecular weight excluding hydrogens is 236 g/mol. The van der Waals surface area contributed by atoms with Gasteiger partial charge in [-0.15, -0.1) is 0 Å². The number of amides is 1. The summed E-state index contributed by atoms with van der Waals surface area (Å²) in [6.45, 7) is 5.85. The van der Waals surface area contributed by atoms with E-state index < -0.39 is 0 Å². The lowest BCUT2D eigenvalue weighted by Crippen LogP contribution is -2.42. The number of carbonyl (C=O) groups is 1. The topological polar surface area (TPSA) is 32.3 Å². The number of likely N-dealkylation sites (tertiary alicyclic amines) is 1. The van der Waals surface area contributed by atoms with Gasteiger partial charge in [-0.3, -0.25) is 4.79 Å². The molecule has 2 fully saturated rings.